The number of carbonyl (C=O) groups is 1. The molecule has 0 aliphatic rings. The molecule has 0 unspecified atom stereocenters. The summed E-state index contributed by atoms with van der Waals surface area (Å²) in [6, 6.07) is -0.225. The Morgan fingerprint density at radius 1 is 1.88 bits per heavy atom. The molecule has 50 valence electrons. The molecule has 4 heteroatoms. The van der Waals surface area contributed by atoms with Gasteiger partial charge in [-0.1, -0.05) is 0 Å². The molecular weight excluding hydrogens is 130 g/mol. The molecule has 1 atom stereocenters. The molecule has 8 heavy (non-hydrogen) atoms. The molecule has 0 bridgehead atoms. The summed E-state index contributed by atoms with van der Waals surface area (Å²) in [5, 5.41) is 8.00. The zero-order valence-corrected chi connectivity index (χ0v) is 5.44. The quantitative estimate of drug-likeness (QED) is 0.576. The molecule has 0 aromatic rings. The third-order valence-corrected chi connectivity index (χ3v) is 0.497. The second-order valence-corrected chi connectivity index (χ2v) is 1.58. The maximum absolute atomic E-state index is 9.73. The van der Waals surface area contributed by atoms with Crippen LogP contribution in [0.15, 0.2) is 0 Å². The van der Waals surface area contributed by atoms with Crippen LogP contribution in [0.2, 0.25) is 0 Å². The zero-order chi connectivity index (χ0) is 5.86. The standard InChI is InChI=1S/C4H9NO2.ClH/c1-3(5)2-4(6)7;/h3H,2,5H2,1H3,(H,6,7);1H/t3-;/m1./s1. The summed E-state index contributed by atoms with van der Waals surface area (Å²) < 4.78 is 0. The van der Waals surface area contributed by atoms with Gasteiger partial charge in [-0.2, -0.15) is 0 Å². The lowest BCUT2D eigenvalue weighted by atomic mass is 10.3. The number of hydrogen-bond acceptors (Lipinski definition) is 2. The maximum atomic E-state index is 9.73. The molecule has 3 nitrogen and oxygen atoms in total. The lowest BCUT2D eigenvalue weighted by molar-refractivity contribution is -0.137. The first-order valence-electron chi connectivity index (χ1n) is 2.10. The molecule has 0 aromatic heterocycles. The SMILES string of the molecule is C[C@@H](N)CC(=O)O.Cl. The van der Waals surface area contributed by atoms with E-state index < -0.39 is 5.97 Å². The average molecular weight is 140 g/mol. The summed E-state index contributed by atoms with van der Waals surface area (Å²) in [7, 11) is 0. The molecule has 0 aliphatic heterocycles. The van der Waals surface area contributed by atoms with Crippen LogP contribution >= 0.6 is 12.4 Å². The van der Waals surface area contributed by atoms with Crippen LogP contribution in [0.1, 0.15) is 13.3 Å². The van der Waals surface area contributed by atoms with E-state index in [9.17, 15) is 4.79 Å². The van der Waals surface area contributed by atoms with E-state index in [1.807, 2.05) is 0 Å². The van der Waals surface area contributed by atoms with E-state index in [-0.39, 0.29) is 24.9 Å². The highest BCUT2D eigenvalue weighted by molar-refractivity contribution is 5.85. The summed E-state index contributed by atoms with van der Waals surface area (Å²) in [5.74, 6) is -0.838. The van der Waals surface area contributed by atoms with Gasteiger partial charge in [-0.25, -0.2) is 0 Å². The van der Waals surface area contributed by atoms with Crippen molar-refractivity contribution < 1.29 is 9.90 Å². The van der Waals surface area contributed by atoms with E-state index in [1.165, 1.54) is 0 Å². The largest absolute Gasteiger partial charge is 0.481 e. The van der Waals surface area contributed by atoms with Crippen molar-refractivity contribution in [2.24, 2.45) is 5.73 Å². The topological polar surface area (TPSA) is 63.3 Å². The first-order chi connectivity index (χ1) is 3.13. The van der Waals surface area contributed by atoms with Gasteiger partial charge < -0.3 is 10.8 Å². The molecule has 0 radical (unpaired) electrons. The van der Waals surface area contributed by atoms with Gasteiger partial charge in [-0.3, -0.25) is 4.79 Å². The molecule has 0 amide bonds. The fourth-order valence-corrected chi connectivity index (χ4v) is 0.275. The Morgan fingerprint density at radius 3 is 2.25 bits per heavy atom. The smallest absolute Gasteiger partial charge is 0.304 e. The minimum atomic E-state index is -0.838. The number of carboxylic acid groups (broad SMARTS) is 1. The Morgan fingerprint density at radius 2 is 2.25 bits per heavy atom. The van der Waals surface area contributed by atoms with Crippen LogP contribution in [-0.2, 0) is 4.79 Å². The van der Waals surface area contributed by atoms with Crippen molar-refractivity contribution in [2.45, 2.75) is 19.4 Å². The van der Waals surface area contributed by atoms with Crippen LogP contribution in [-0.4, -0.2) is 17.1 Å². The molecule has 0 rings (SSSR count). The van der Waals surface area contributed by atoms with Crippen molar-refractivity contribution in [3.63, 3.8) is 0 Å². The molecular formula is C4H10ClNO2. The van der Waals surface area contributed by atoms with Gasteiger partial charge in [-0.05, 0) is 6.92 Å². The second-order valence-electron chi connectivity index (χ2n) is 1.58. The summed E-state index contributed by atoms with van der Waals surface area (Å²) >= 11 is 0. The monoisotopic (exact) mass is 139 g/mol. The Labute approximate surface area is 54.3 Å². The first-order valence-corrected chi connectivity index (χ1v) is 2.10. The van der Waals surface area contributed by atoms with Crippen molar-refractivity contribution in [2.75, 3.05) is 0 Å². The van der Waals surface area contributed by atoms with Crippen molar-refractivity contribution in [3.8, 4) is 0 Å². The molecule has 0 saturated carbocycles. The number of rotatable bonds is 2. The van der Waals surface area contributed by atoms with Gasteiger partial charge in [0.05, 0.1) is 6.42 Å². The molecule has 0 spiro atoms. The van der Waals surface area contributed by atoms with Gasteiger partial charge in [0.1, 0.15) is 0 Å². The Bertz CT molecular complexity index is 74.4. The summed E-state index contributed by atoms with van der Waals surface area (Å²) in [6.45, 7) is 1.66. The Balaban J connectivity index is 0. The molecule has 0 aromatic carbocycles. The van der Waals surface area contributed by atoms with Gasteiger partial charge in [0.25, 0.3) is 0 Å². The predicted molar refractivity (Wildman–Crippen MR) is 33.2 cm³/mol. The van der Waals surface area contributed by atoms with Gasteiger partial charge in [0, 0.05) is 6.04 Å². The van der Waals surface area contributed by atoms with E-state index in [0.29, 0.717) is 0 Å². The minimum absolute atomic E-state index is 0. The van der Waals surface area contributed by atoms with E-state index in [2.05, 4.69) is 0 Å². The van der Waals surface area contributed by atoms with Crippen LogP contribution in [0.3, 0.4) is 0 Å². The molecule has 0 aliphatic carbocycles. The van der Waals surface area contributed by atoms with Crippen molar-refractivity contribution in [3.05, 3.63) is 0 Å². The number of carboxylic acids is 1. The highest BCUT2D eigenvalue weighted by Crippen LogP contribution is 1.82. The number of nitrogens with two attached hydrogens (primary N) is 1. The van der Waals surface area contributed by atoms with Gasteiger partial charge in [0.2, 0.25) is 0 Å². The summed E-state index contributed by atoms with van der Waals surface area (Å²) in [5.41, 5.74) is 5.11. The normalized spacial score (nSPS) is 11.8. The fraction of sp³-hybridized carbons (Fsp3) is 0.750. The summed E-state index contributed by atoms with van der Waals surface area (Å²) in [6.07, 6.45) is 0.0556. The van der Waals surface area contributed by atoms with Gasteiger partial charge in [0.15, 0.2) is 0 Å². The summed E-state index contributed by atoms with van der Waals surface area (Å²) in [4.78, 5) is 9.73. The number of hydrogen-bond donors (Lipinski definition) is 2. The number of aliphatic carboxylic acids is 1. The van der Waals surface area contributed by atoms with Gasteiger partial charge >= 0.3 is 5.97 Å². The van der Waals surface area contributed by atoms with Crippen LogP contribution in [0.5, 0.6) is 0 Å². The van der Waals surface area contributed by atoms with Crippen molar-refractivity contribution in [1.82, 2.24) is 0 Å². The predicted octanol–water partition coefficient (Wildman–Crippen LogP) is 0.230. The highest BCUT2D eigenvalue weighted by atomic mass is 35.5. The van der Waals surface area contributed by atoms with E-state index in [0.717, 1.165) is 0 Å². The minimum Gasteiger partial charge on any atom is -0.481 e. The van der Waals surface area contributed by atoms with E-state index in [1.54, 1.807) is 6.92 Å². The Kier molecular flexibility index (Phi) is 6.48. The number of halogens is 1. The molecule has 3 N–H and O–H groups in total. The molecule has 0 saturated heterocycles. The second kappa shape index (κ2) is 4.87. The first kappa shape index (κ1) is 10.7. The molecule has 0 heterocycles. The third-order valence-electron chi connectivity index (χ3n) is 0.497. The fourth-order valence-electron chi connectivity index (χ4n) is 0.275. The average Bonchev–Trinajstić information content (AvgIpc) is 1.27. The molecule has 0 fully saturated rings. The van der Waals surface area contributed by atoms with Crippen molar-refractivity contribution in [1.29, 1.82) is 0 Å². The van der Waals surface area contributed by atoms with E-state index in [4.69, 9.17) is 10.8 Å². The van der Waals surface area contributed by atoms with Gasteiger partial charge in [-0.15, -0.1) is 12.4 Å². The lowest BCUT2D eigenvalue weighted by Gasteiger charge is -1.95. The zero-order valence-electron chi connectivity index (χ0n) is 4.63. The maximum Gasteiger partial charge on any atom is 0.304 e. The van der Waals surface area contributed by atoms with E-state index >= 15 is 0 Å². The lowest BCUT2D eigenvalue weighted by Crippen LogP contribution is -2.18. The van der Waals surface area contributed by atoms with Crippen LogP contribution in [0.4, 0.5) is 0 Å². The van der Waals surface area contributed by atoms with Crippen LogP contribution < -0.4 is 5.73 Å². The van der Waals surface area contributed by atoms with Crippen molar-refractivity contribution >= 4 is 18.4 Å². The Hall–Kier alpha value is -0.280. The highest BCUT2D eigenvalue weighted by Gasteiger charge is 1.98. The van der Waals surface area contributed by atoms with Crippen LogP contribution in [0.25, 0.3) is 0 Å². The van der Waals surface area contributed by atoms with Crippen LogP contribution in [0, 0.1) is 0 Å². The third kappa shape index (κ3) is 9.21.